The average molecular weight is 479 g/mol. The van der Waals surface area contributed by atoms with Crippen molar-refractivity contribution in [3.05, 3.63) is 59.7 Å². The highest BCUT2D eigenvalue weighted by Crippen LogP contribution is 2.45. The zero-order valence-electron chi connectivity index (χ0n) is 19.6. The highest BCUT2D eigenvalue weighted by Gasteiger charge is 2.48. The van der Waals surface area contributed by atoms with Crippen LogP contribution in [0, 0.1) is 5.41 Å². The minimum Gasteiger partial charge on any atom is -0.481 e. The number of aliphatic carboxylic acids is 1. The third kappa shape index (κ3) is 4.50. The zero-order valence-corrected chi connectivity index (χ0v) is 19.6. The molecule has 2 aliphatic carbocycles. The van der Waals surface area contributed by atoms with Crippen molar-refractivity contribution in [1.82, 2.24) is 10.2 Å². The highest BCUT2D eigenvalue weighted by atomic mass is 16.5. The lowest BCUT2D eigenvalue weighted by Crippen LogP contribution is -2.59. The topological polar surface area (TPSA) is 105 Å². The highest BCUT2D eigenvalue weighted by molar-refractivity contribution is 5.85. The van der Waals surface area contributed by atoms with E-state index in [1.807, 2.05) is 24.3 Å². The third-order valence-electron chi connectivity index (χ3n) is 7.58. The van der Waals surface area contributed by atoms with Crippen LogP contribution in [-0.2, 0) is 19.1 Å². The third-order valence-corrected chi connectivity index (χ3v) is 7.58. The van der Waals surface area contributed by atoms with Crippen molar-refractivity contribution in [3.63, 3.8) is 0 Å². The predicted octanol–water partition coefficient (Wildman–Crippen LogP) is 3.40. The SMILES string of the molecule is O=C(O)CC1COCCN1C(=O)C1(CNC(=O)OCC2c3ccccc3-c3ccccc32)CCC1. The van der Waals surface area contributed by atoms with Gasteiger partial charge in [-0.3, -0.25) is 9.59 Å². The maximum absolute atomic E-state index is 13.4. The van der Waals surface area contributed by atoms with Crippen molar-refractivity contribution < 1.29 is 29.0 Å². The molecule has 5 rings (SSSR count). The van der Waals surface area contributed by atoms with E-state index in [0.717, 1.165) is 28.7 Å². The van der Waals surface area contributed by atoms with Crippen molar-refractivity contribution in [1.29, 1.82) is 0 Å². The van der Waals surface area contributed by atoms with E-state index < -0.39 is 23.5 Å². The number of benzene rings is 2. The van der Waals surface area contributed by atoms with Crippen LogP contribution < -0.4 is 5.32 Å². The lowest BCUT2D eigenvalue weighted by molar-refractivity contribution is -0.158. The summed E-state index contributed by atoms with van der Waals surface area (Å²) in [6.07, 6.45) is 1.52. The molecule has 0 bridgehead atoms. The lowest BCUT2D eigenvalue weighted by Gasteiger charge is -2.46. The van der Waals surface area contributed by atoms with Gasteiger partial charge >= 0.3 is 12.1 Å². The lowest BCUT2D eigenvalue weighted by atomic mass is 9.67. The molecule has 1 unspecified atom stereocenters. The van der Waals surface area contributed by atoms with Gasteiger partial charge < -0.3 is 24.8 Å². The second-order valence-electron chi connectivity index (χ2n) is 9.64. The summed E-state index contributed by atoms with van der Waals surface area (Å²) in [5.74, 6) is -1.09. The summed E-state index contributed by atoms with van der Waals surface area (Å²) < 4.78 is 11.0. The molecule has 0 spiro atoms. The summed E-state index contributed by atoms with van der Waals surface area (Å²) in [5.41, 5.74) is 3.91. The molecule has 1 atom stereocenters. The fourth-order valence-electron chi connectivity index (χ4n) is 5.56. The Kier molecular flexibility index (Phi) is 6.47. The Morgan fingerprint density at radius 1 is 1.06 bits per heavy atom. The molecule has 8 heteroatoms. The number of nitrogens with one attached hydrogen (secondary N) is 1. The van der Waals surface area contributed by atoms with E-state index in [1.165, 1.54) is 0 Å². The van der Waals surface area contributed by atoms with Crippen LogP contribution in [0.1, 0.15) is 42.7 Å². The van der Waals surface area contributed by atoms with Gasteiger partial charge in [0.15, 0.2) is 0 Å². The van der Waals surface area contributed by atoms with Gasteiger partial charge in [0.1, 0.15) is 6.61 Å². The first kappa shape index (κ1) is 23.4. The summed E-state index contributed by atoms with van der Waals surface area (Å²) in [6, 6.07) is 15.8. The van der Waals surface area contributed by atoms with Gasteiger partial charge in [-0.05, 0) is 35.1 Å². The molecule has 3 aliphatic rings. The van der Waals surface area contributed by atoms with E-state index in [0.29, 0.717) is 26.0 Å². The Bertz CT molecular complexity index is 1080. The molecule has 2 fully saturated rings. The first-order valence-electron chi connectivity index (χ1n) is 12.2. The predicted molar refractivity (Wildman–Crippen MR) is 128 cm³/mol. The van der Waals surface area contributed by atoms with Gasteiger partial charge in [-0.2, -0.15) is 0 Å². The number of carbonyl (C=O) groups is 3. The smallest absolute Gasteiger partial charge is 0.407 e. The van der Waals surface area contributed by atoms with Gasteiger partial charge in [0, 0.05) is 19.0 Å². The second kappa shape index (κ2) is 9.70. The van der Waals surface area contributed by atoms with Crippen LogP contribution >= 0.6 is 0 Å². The summed E-state index contributed by atoms with van der Waals surface area (Å²) in [6.45, 7) is 1.36. The van der Waals surface area contributed by atoms with Crippen LogP contribution in [0.4, 0.5) is 4.79 Å². The molecular weight excluding hydrogens is 448 g/mol. The van der Waals surface area contributed by atoms with Crippen molar-refractivity contribution in [2.75, 3.05) is 32.9 Å². The number of amides is 2. The Morgan fingerprint density at radius 2 is 1.71 bits per heavy atom. The maximum atomic E-state index is 13.4. The molecule has 1 saturated carbocycles. The van der Waals surface area contributed by atoms with Crippen molar-refractivity contribution >= 4 is 18.0 Å². The van der Waals surface area contributed by atoms with E-state index in [2.05, 4.69) is 29.6 Å². The summed E-state index contributed by atoms with van der Waals surface area (Å²) in [5, 5.41) is 12.0. The first-order chi connectivity index (χ1) is 17.0. The number of hydrogen-bond donors (Lipinski definition) is 2. The number of morpholine rings is 1. The molecule has 0 radical (unpaired) electrons. The van der Waals surface area contributed by atoms with E-state index in [9.17, 15) is 19.5 Å². The molecule has 1 saturated heterocycles. The molecule has 8 nitrogen and oxygen atoms in total. The number of carboxylic acid groups (broad SMARTS) is 1. The second-order valence-corrected chi connectivity index (χ2v) is 9.64. The van der Waals surface area contributed by atoms with Gasteiger partial charge in [0.2, 0.25) is 5.91 Å². The van der Waals surface area contributed by atoms with Crippen molar-refractivity contribution in [2.45, 2.75) is 37.6 Å². The summed E-state index contributed by atoms with van der Waals surface area (Å²) >= 11 is 0. The fraction of sp³-hybridized carbons (Fsp3) is 0.444. The number of hydrogen-bond acceptors (Lipinski definition) is 5. The Hall–Kier alpha value is -3.39. The average Bonchev–Trinajstić information content (AvgIpc) is 3.15. The van der Waals surface area contributed by atoms with Crippen molar-refractivity contribution in [3.8, 4) is 11.1 Å². The zero-order chi connectivity index (χ0) is 24.4. The normalized spacial score (nSPS) is 20.3. The number of nitrogens with zero attached hydrogens (tertiary/aromatic N) is 1. The van der Waals surface area contributed by atoms with E-state index >= 15 is 0 Å². The molecule has 35 heavy (non-hydrogen) atoms. The van der Waals surface area contributed by atoms with Crippen LogP contribution in [0.15, 0.2) is 48.5 Å². The monoisotopic (exact) mass is 478 g/mol. The standard InChI is InChI=1S/C27H30N2O6/c30-24(31)14-18-15-34-13-12-29(18)25(32)27(10-5-11-27)17-28-26(33)35-16-23-21-8-3-1-6-19(21)20-7-2-4-9-22(20)23/h1-4,6-9,18,23H,5,10-17H2,(H,28,33)(H,30,31). The van der Waals surface area contributed by atoms with Crippen LogP contribution in [0.3, 0.4) is 0 Å². The van der Waals surface area contributed by atoms with Crippen LogP contribution in [0.2, 0.25) is 0 Å². The molecule has 1 aliphatic heterocycles. The van der Waals surface area contributed by atoms with Crippen LogP contribution in [0.25, 0.3) is 11.1 Å². The molecule has 2 aromatic rings. The molecule has 2 amide bonds. The number of fused-ring (bicyclic) bond motifs is 3. The molecule has 184 valence electrons. The first-order valence-corrected chi connectivity index (χ1v) is 12.2. The quantitative estimate of drug-likeness (QED) is 0.632. The van der Waals surface area contributed by atoms with Gasteiger partial charge in [-0.15, -0.1) is 0 Å². The van der Waals surface area contributed by atoms with Crippen LogP contribution in [0.5, 0.6) is 0 Å². The largest absolute Gasteiger partial charge is 0.481 e. The van der Waals surface area contributed by atoms with Gasteiger partial charge in [-0.1, -0.05) is 55.0 Å². The van der Waals surface area contributed by atoms with Crippen molar-refractivity contribution in [2.24, 2.45) is 5.41 Å². The Labute approximate surface area is 204 Å². The molecule has 1 heterocycles. The maximum Gasteiger partial charge on any atom is 0.407 e. The van der Waals surface area contributed by atoms with E-state index in [4.69, 9.17) is 9.47 Å². The Balaban J connectivity index is 1.21. The Morgan fingerprint density at radius 3 is 2.31 bits per heavy atom. The minimum atomic E-state index is -0.960. The summed E-state index contributed by atoms with van der Waals surface area (Å²) in [4.78, 5) is 39.0. The molecular formula is C27H30N2O6. The molecule has 2 N–H and O–H groups in total. The molecule has 0 aromatic heterocycles. The van der Waals surface area contributed by atoms with Gasteiger partial charge in [0.05, 0.1) is 31.1 Å². The van der Waals surface area contributed by atoms with Gasteiger partial charge in [-0.25, -0.2) is 4.79 Å². The van der Waals surface area contributed by atoms with E-state index in [-0.39, 0.29) is 38.0 Å². The number of rotatable bonds is 7. The van der Waals surface area contributed by atoms with E-state index in [1.54, 1.807) is 4.90 Å². The molecule has 2 aromatic carbocycles. The number of carboxylic acids is 1. The fourth-order valence-corrected chi connectivity index (χ4v) is 5.56. The van der Waals surface area contributed by atoms with Gasteiger partial charge in [0.25, 0.3) is 0 Å². The summed E-state index contributed by atoms with van der Waals surface area (Å²) in [7, 11) is 0. The van der Waals surface area contributed by atoms with Crippen LogP contribution in [-0.4, -0.2) is 66.9 Å². The number of ether oxygens (including phenoxy) is 2. The number of alkyl carbamates (subject to hydrolysis) is 1. The number of carbonyl (C=O) groups excluding carboxylic acids is 2. The minimum absolute atomic E-state index is 0.0300.